The summed E-state index contributed by atoms with van der Waals surface area (Å²) in [6, 6.07) is 12.9. The van der Waals surface area contributed by atoms with E-state index in [1.807, 2.05) is 0 Å². The van der Waals surface area contributed by atoms with Crippen LogP contribution in [-0.4, -0.2) is 21.5 Å². The van der Waals surface area contributed by atoms with Crippen molar-refractivity contribution < 1.29 is 60.2 Å². The third kappa shape index (κ3) is 6.33. The van der Waals surface area contributed by atoms with Gasteiger partial charge in [0, 0.05) is 0 Å². The molecule has 0 aliphatic heterocycles. The van der Waals surface area contributed by atoms with Gasteiger partial charge in [-0.3, -0.25) is 0 Å². The van der Waals surface area contributed by atoms with E-state index in [0.717, 1.165) is 12.2 Å². The number of ether oxygens (including phenoxy) is 1. The van der Waals surface area contributed by atoms with Crippen molar-refractivity contribution in [3.05, 3.63) is 86.3 Å². The zero-order valence-corrected chi connectivity index (χ0v) is 23.4. The van der Waals surface area contributed by atoms with Crippen molar-refractivity contribution in [2.75, 3.05) is 13.2 Å². The molecule has 0 heterocycles. The molecule has 0 saturated carbocycles. The van der Waals surface area contributed by atoms with Gasteiger partial charge in [-0.15, -0.1) is 33.4 Å². The first-order chi connectivity index (χ1) is 13.5. The number of halogens is 2. The standard InChI is InChI=1S/C25H27O2Si.2ClH.Zr/c1-5-18-11-13-23-22-9-7-6-8-19(22)17-24(23)25(18)20-10-12-21(16-20)26-14-15-27-28(2,3)4;;;/h5-9,11-13,16H,10,14-15H2,1-4H3;2*1H;/q-1;;;+3/p-2. The van der Waals surface area contributed by atoms with E-state index < -0.39 is 8.32 Å². The average Bonchev–Trinajstić information content (AvgIpc) is 3.28. The molecule has 0 N–H and O–H groups in total. The van der Waals surface area contributed by atoms with E-state index >= 15 is 0 Å². The molecule has 0 unspecified atom stereocenters. The normalized spacial score (nSPS) is 14.1. The van der Waals surface area contributed by atoms with Gasteiger partial charge in [0.15, 0.2) is 8.32 Å². The van der Waals surface area contributed by atoms with Crippen LogP contribution in [0, 0.1) is 10.4 Å². The summed E-state index contributed by atoms with van der Waals surface area (Å²) in [4.78, 5) is 0. The number of allylic oxidation sites excluding steroid dienone is 3. The van der Waals surface area contributed by atoms with Crippen molar-refractivity contribution in [2.24, 2.45) is 0 Å². The summed E-state index contributed by atoms with van der Waals surface area (Å²) in [7, 11) is -1.48. The van der Waals surface area contributed by atoms with Crippen LogP contribution < -0.4 is 35.3 Å². The second-order valence-electron chi connectivity index (χ2n) is 8.20. The fourth-order valence-electron chi connectivity index (χ4n) is 3.80. The van der Waals surface area contributed by atoms with Gasteiger partial charge in [0.25, 0.3) is 0 Å². The Morgan fingerprint density at radius 2 is 1.74 bits per heavy atom. The van der Waals surface area contributed by atoms with Gasteiger partial charge in [-0.25, -0.2) is 0 Å². The van der Waals surface area contributed by atoms with Gasteiger partial charge in [0.1, 0.15) is 12.4 Å². The summed E-state index contributed by atoms with van der Waals surface area (Å²) < 4.78 is 11.8. The minimum atomic E-state index is -1.48. The maximum Gasteiger partial charge on any atom is 3.00 e. The summed E-state index contributed by atoms with van der Waals surface area (Å²) in [5.41, 5.74) is 3.79. The summed E-state index contributed by atoms with van der Waals surface area (Å²) in [6.45, 7) is 9.95. The molecule has 2 aromatic carbocycles. The molecule has 31 heavy (non-hydrogen) atoms. The van der Waals surface area contributed by atoms with Crippen LogP contribution in [0.3, 0.4) is 0 Å². The predicted molar refractivity (Wildman–Crippen MR) is 118 cm³/mol. The van der Waals surface area contributed by atoms with E-state index in [9.17, 15) is 0 Å². The SMILES string of the molecule is CC=c1ccc2c(c1C1=CC(OCCO[Si](C)(C)C)=CC1)[C-]=c1ccccc1=2.[Cl-].[Cl-].[Zr+3]. The quantitative estimate of drug-likeness (QED) is 0.208. The Morgan fingerprint density at radius 1 is 1.00 bits per heavy atom. The zero-order valence-electron chi connectivity index (χ0n) is 18.4. The monoisotopic (exact) mass is 547 g/mol. The Morgan fingerprint density at radius 3 is 2.45 bits per heavy atom. The van der Waals surface area contributed by atoms with Crippen molar-refractivity contribution in [2.45, 2.75) is 33.0 Å². The van der Waals surface area contributed by atoms with Crippen LogP contribution in [0.5, 0.6) is 0 Å². The number of benzene rings is 2. The van der Waals surface area contributed by atoms with Crippen LogP contribution in [0.25, 0.3) is 17.7 Å². The maximum absolute atomic E-state index is 5.96. The minimum Gasteiger partial charge on any atom is -1.00 e. The van der Waals surface area contributed by atoms with Gasteiger partial charge in [0.2, 0.25) is 0 Å². The van der Waals surface area contributed by atoms with Crippen LogP contribution in [0.2, 0.25) is 19.6 Å². The van der Waals surface area contributed by atoms with Gasteiger partial charge in [-0.05, 0) is 45.1 Å². The van der Waals surface area contributed by atoms with Crippen LogP contribution in [0.1, 0.15) is 24.5 Å². The third-order valence-electron chi connectivity index (χ3n) is 5.07. The molecule has 2 aliphatic carbocycles. The van der Waals surface area contributed by atoms with E-state index in [2.05, 4.69) is 87.3 Å². The summed E-state index contributed by atoms with van der Waals surface area (Å²) in [5.74, 6) is 0.948. The fourth-order valence-corrected chi connectivity index (χ4v) is 4.50. The molecule has 6 heteroatoms. The van der Waals surface area contributed by atoms with E-state index in [1.54, 1.807) is 0 Å². The zero-order chi connectivity index (χ0) is 19.7. The molecule has 0 fully saturated rings. The second-order valence-corrected chi connectivity index (χ2v) is 12.7. The Labute approximate surface area is 217 Å². The predicted octanol–water partition coefficient (Wildman–Crippen LogP) is -1.66. The van der Waals surface area contributed by atoms with Crippen molar-refractivity contribution in [1.29, 1.82) is 0 Å². The molecule has 0 spiro atoms. The van der Waals surface area contributed by atoms with E-state index in [-0.39, 0.29) is 51.0 Å². The Bertz CT molecular complexity index is 1200. The molecule has 0 saturated heterocycles. The summed E-state index contributed by atoms with van der Waals surface area (Å²) >= 11 is 0. The van der Waals surface area contributed by atoms with Crippen LogP contribution in [0.4, 0.5) is 0 Å². The van der Waals surface area contributed by atoms with Crippen LogP contribution in [-0.2, 0) is 35.4 Å². The van der Waals surface area contributed by atoms with Crippen molar-refractivity contribution in [1.82, 2.24) is 0 Å². The van der Waals surface area contributed by atoms with E-state index in [1.165, 1.54) is 37.6 Å². The first kappa shape index (κ1) is 28.1. The smallest absolute Gasteiger partial charge is 1.00 e. The van der Waals surface area contributed by atoms with E-state index in [0.29, 0.717) is 13.2 Å². The number of fused-ring (bicyclic) bond motifs is 2. The summed E-state index contributed by atoms with van der Waals surface area (Å²) in [5, 5.41) is 4.98. The molecule has 4 rings (SSSR count). The fraction of sp³-hybridized carbons (Fsp3) is 0.280. The molecular weight excluding hydrogens is 522 g/mol. The Hall–Kier alpha value is -0.900. The topological polar surface area (TPSA) is 18.5 Å². The first-order valence-electron chi connectivity index (χ1n) is 9.97. The summed E-state index contributed by atoms with van der Waals surface area (Å²) in [6.07, 6.45) is 11.1. The minimum absolute atomic E-state index is 0. The second kappa shape index (κ2) is 11.8. The molecule has 161 valence electrons. The largest absolute Gasteiger partial charge is 3.00 e. The molecule has 0 bridgehead atoms. The third-order valence-corrected chi connectivity index (χ3v) is 6.14. The van der Waals surface area contributed by atoms with Crippen molar-refractivity contribution in [3.63, 3.8) is 0 Å². The molecule has 0 atom stereocenters. The molecule has 1 radical (unpaired) electrons. The Balaban J connectivity index is 0.00000160. The number of rotatable bonds is 6. The van der Waals surface area contributed by atoms with Gasteiger partial charge in [-0.1, -0.05) is 52.8 Å². The van der Waals surface area contributed by atoms with E-state index in [4.69, 9.17) is 9.16 Å². The van der Waals surface area contributed by atoms with Gasteiger partial charge in [-0.2, -0.15) is 0 Å². The molecule has 2 aromatic rings. The number of hydrogen-bond donors (Lipinski definition) is 0. The maximum atomic E-state index is 5.96. The van der Waals surface area contributed by atoms with Crippen LogP contribution in [0.15, 0.2) is 54.3 Å². The van der Waals surface area contributed by atoms with Crippen molar-refractivity contribution >= 4 is 26.0 Å². The van der Waals surface area contributed by atoms with Gasteiger partial charge >= 0.3 is 26.2 Å². The van der Waals surface area contributed by atoms with Crippen molar-refractivity contribution in [3.8, 4) is 0 Å². The molecule has 0 aromatic heterocycles. The molecule has 2 nitrogen and oxygen atoms in total. The molecule has 2 aliphatic rings. The average molecular weight is 550 g/mol. The Kier molecular flexibility index (Phi) is 10.7. The van der Waals surface area contributed by atoms with Crippen LogP contribution >= 0.6 is 0 Å². The first-order valence-corrected chi connectivity index (χ1v) is 13.4. The number of hydrogen-bond acceptors (Lipinski definition) is 2. The molecular formula is C25H27Cl2O2SiZr. The van der Waals surface area contributed by atoms with Gasteiger partial charge in [0.05, 0.1) is 6.61 Å². The van der Waals surface area contributed by atoms with Gasteiger partial charge < -0.3 is 34.0 Å². The molecule has 0 amide bonds.